The predicted octanol–water partition coefficient (Wildman–Crippen LogP) is 3.51. The number of aromatic amines is 1. The van der Waals surface area contributed by atoms with Crippen molar-refractivity contribution in [1.29, 1.82) is 0 Å². The zero-order chi connectivity index (χ0) is 11.5. The number of benzene rings is 1. The Morgan fingerprint density at radius 3 is 3.00 bits per heavy atom. The molecule has 0 aliphatic carbocycles. The van der Waals surface area contributed by atoms with Crippen LogP contribution in [0.15, 0.2) is 24.4 Å². The molecule has 4 heteroatoms. The highest BCUT2D eigenvalue weighted by atomic mass is 35.5. The second-order valence-corrected chi connectivity index (χ2v) is 3.99. The van der Waals surface area contributed by atoms with Gasteiger partial charge in [-0.15, -0.1) is 11.6 Å². The summed E-state index contributed by atoms with van der Waals surface area (Å²) in [6.07, 6.45) is 2.71. The molecule has 0 unspecified atom stereocenters. The number of halogens is 2. The van der Waals surface area contributed by atoms with Crippen molar-refractivity contribution in [2.45, 2.75) is 12.8 Å². The van der Waals surface area contributed by atoms with Crippen LogP contribution in [0.2, 0.25) is 0 Å². The van der Waals surface area contributed by atoms with Gasteiger partial charge in [-0.1, -0.05) is 0 Å². The smallest absolute Gasteiger partial charge is 0.165 e. The number of alkyl halides is 1. The lowest BCUT2D eigenvalue weighted by Gasteiger charge is -1.97. The Morgan fingerprint density at radius 2 is 2.25 bits per heavy atom. The highest BCUT2D eigenvalue weighted by Crippen LogP contribution is 2.20. The topological polar surface area (TPSA) is 32.9 Å². The van der Waals surface area contributed by atoms with Crippen LogP contribution in [0.3, 0.4) is 0 Å². The molecule has 0 saturated heterocycles. The maximum Gasteiger partial charge on any atom is 0.165 e. The van der Waals surface area contributed by atoms with Crippen LogP contribution in [0.25, 0.3) is 10.9 Å². The van der Waals surface area contributed by atoms with Crippen LogP contribution in [0.5, 0.6) is 0 Å². The van der Waals surface area contributed by atoms with Gasteiger partial charge in [-0.05, 0) is 24.6 Å². The number of rotatable bonds is 4. The van der Waals surface area contributed by atoms with E-state index in [2.05, 4.69) is 4.98 Å². The highest BCUT2D eigenvalue weighted by Gasteiger charge is 2.11. The number of carbonyl (C=O) groups is 1. The minimum atomic E-state index is -0.311. The number of ketones is 1. The number of aromatic nitrogens is 1. The third-order valence-electron chi connectivity index (χ3n) is 2.48. The molecule has 0 amide bonds. The molecule has 1 aromatic heterocycles. The molecule has 0 radical (unpaired) electrons. The molecule has 0 spiro atoms. The standard InChI is InChI=1S/C12H11ClFNO/c13-5-1-2-12(16)10-7-15-11-6-8(14)3-4-9(10)11/h3-4,6-7,15H,1-2,5H2. The van der Waals surface area contributed by atoms with Crippen LogP contribution in [-0.4, -0.2) is 16.6 Å². The second-order valence-electron chi connectivity index (χ2n) is 3.61. The summed E-state index contributed by atoms with van der Waals surface area (Å²) in [6.45, 7) is 0. The summed E-state index contributed by atoms with van der Waals surface area (Å²) in [7, 11) is 0. The first-order valence-corrected chi connectivity index (χ1v) is 5.61. The summed E-state index contributed by atoms with van der Waals surface area (Å²) in [5, 5.41) is 0.765. The number of H-pyrrole nitrogens is 1. The SMILES string of the molecule is O=C(CCCCl)c1c[nH]c2cc(F)ccc12. The Balaban J connectivity index is 2.34. The first-order valence-electron chi connectivity index (χ1n) is 5.08. The molecular weight excluding hydrogens is 229 g/mol. The number of Topliss-reactive ketones (excluding diaryl/α,β-unsaturated/α-hetero) is 1. The number of carbonyl (C=O) groups excluding carboxylic acids is 1. The second kappa shape index (κ2) is 4.66. The minimum absolute atomic E-state index is 0.0403. The molecule has 1 heterocycles. The third-order valence-corrected chi connectivity index (χ3v) is 2.75. The van der Waals surface area contributed by atoms with Gasteiger partial charge < -0.3 is 4.98 Å². The van der Waals surface area contributed by atoms with Gasteiger partial charge in [0.15, 0.2) is 5.78 Å². The fourth-order valence-corrected chi connectivity index (χ4v) is 1.82. The van der Waals surface area contributed by atoms with Crippen molar-refractivity contribution in [1.82, 2.24) is 4.98 Å². The van der Waals surface area contributed by atoms with E-state index in [0.29, 0.717) is 29.8 Å². The number of hydrogen-bond acceptors (Lipinski definition) is 1. The lowest BCUT2D eigenvalue weighted by atomic mass is 10.1. The molecule has 1 aromatic carbocycles. The Bertz CT molecular complexity index is 521. The molecule has 0 saturated carbocycles. The summed E-state index contributed by atoms with van der Waals surface area (Å²) in [4.78, 5) is 14.7. The molecule has 0 aliphatic rings. The Hall–Kier alpha value is -1.35. The molecule has 2 rings (SSSR count). The van der Waals surface area contributed by atoms with E-state index in [1.54, 1.807) is 12.3 Å². The number of nitrogens with one attached hydrogen (secondary N) is 1. The van der Waals surface area contributed by atoms with Crippen molar-refractivity contribution < 1.29 is 9.18 Å². The molecule has 84 valence electrons. The maximum absolute atomic E-state index is 12.9. The van der Waals surface area contributed by atoms with Crippen molar-refractivity contribution in [3.8, 4) is 0 Å². The summed E-state index contributed by atoms with van der Waals surface area (Å²) in [5.74, 6) is 0.204. The molecule has 0 atom stereocenters. The molecule has 2 nitrogen and oxygen atoms in total. The third kappa shape index (κ3) is 2.09. The maximum atomic E-state index is 12.9. The minimum Gasteiger partial charge on any atom is -0.360 e. The van der Waals surface area contributed by atoms with Gasteiger partial charge in [0.2, 0.25) is 0 Å². The van der Waals surface area contributed by atoms with Gasteiger partial charge in [0.1, 0.15) is 5.82 Å². The van der Waals surface area contributed by atoms with Crippen molar-refractivity contribution in [3.05, 3.63) is 35.8 Å². The average molecular weight is 240 g/mol. The molecule has 2 aromatic rings. The molecule has 16 heavy (non-hydrogen) atoms. The monoisotopic (exact) mass is 239 g/mol. The average Bonchev–Trinajstić information content (AvgIpc) is 2.68. The van der Waals surface area contributed by atoms with Gasteiger partial charge in [0.25, 0.3) is 0 Å². The highest BCUT2D eigenvalue weighted by molar-refractivity contribution is 6.18. The van der Waals surface area contributed by atoms with Gasteiger partial charge in [0, 0.05) is 35.0 Å². The first kappa shape index (κ1) is 11.1. The van der Waals surface area contributed by atoms with Crippen LogP contribution in [-0.2, 0) is 0 Å². The molecular formula is C12H11ClFNO. The quantitative estimate of drug-likeness (QED) is 0.643. The lowest BCUT2D eigenvalue weighted by molar-refractivity contribution is 0.0983. The van der Waals surface area contributed by atoms with E-state index >= 15 is 0 Å². The van der Waals surface area contributed by atoms with E-state index in [1.165, 1.54) is 12.1 Å². The normalized spacial score (nSPS) is 10.9. The molecule has 0 fully saturated rings. The van der Waals surface area contributed by atoms with E-state index in [0.717, 1.165) is 5.39 Å². The van der Waals surface area contributed by atoms with Gasteiger partial charge in [0.05, 0.1) is 0 Å². The van der Waals surface area contributed by atoms with Crippen LogP contribution in [0.4, 0.5) is 4.39 Å². The summed E-state index contributed by atoms with van der Waals surface area (Å²) >= 11 is 5.54. The van der Waals surface area contributed by atoms with E-state index in [4.69, 9.17) is 11.6 Å². The zero-order valence-electron chi connectivity index (χ0n) is 8.59. The van der Waals surface area contributed by atoms with Crippen molar-refractivity contribution in [2.24, 2.45) is 0 Å². The molecule has 0 aliphatic heterocycles. The number of fused-ring (bicyclic) bond motifs is 1. The lowest BCUT2D eigenvalue weighted by Crippen LogP contribution is -1.97. The van der Waals surface area contributed by atoms with Crippen molar-refractivity contribution in [3.63, 3.8) is 0 Å². The fraction of sp³-hybridized carbons (Fsp3) is 0.250. The van der Waals surface area contributed by atoms with Gasteiger partial charge >= 0.3 is 0 Å². The fourth-order valence-electron chi connectivity index (χ4n) is 1.69. The van der Waals surface area contributed by atoms with Crippen molar-refractivity contribution >= 4 is 28.3 Å². The number of hydrogen-bond donors (Lipinski definition) is 1. The van der Waals surface area contributed by atoms with Gasteiger partial charge in [-0.25, -0.2) is 4.39 Å². The summed E-state index contributed by atoms with van der Waals surface area (Å²) in [5.41, 5.74) is 1.26. The first-order chi connectivity index (χ1) is 7.72. The summed E-state index contributed by atoms with van der Waals surface area (Å²) < 4.78 is 12.9. The van der Waals surface area contributed by atoms with Crippen LogP contribution < -0.4 is 0 Å². The zero-order valence-corrected chi connectivity index (χ0v) is 9.35. The van der Waals surface area contributed by atoms with Crippen LogP contribution >= 0.6 is 11.6 Å². The predicted molar refractivity (Wildman–Crippen MR) is 62.5 cm³/mol. The van der Waals surface area contributed by atoms with E-state index in [9.17, 15) is 9.18 Å². The van der Waals surface area contributed by atoms with Crippen LogP contribution in [0.1, 0.15) is 23.2 Å². The van der Waals surface area contributed by atoms with E-state index in [1.807, 2.05) is 0 Å². The van der Waals surface area contributed by atoms with E-state index < -0.39 is 0 Å². The van der Waals surface area contributed by atoms with Crippen LogP contribution in [0, 0.1) is 5.82 Å². The Morgan fingerprint density at radius 1 is 1.44 bits per heavy atom. The van der Waals surface area contributed by atoms with Crippen molar-refractivity contribution in [2.75, 3.05) is 5.88 Å². The molecule has 1 N–H and O–H groups in total. The molecule has 0 bridgehead atoms. The van der Waals surface area contributed by atoms with Gasteiger partial charge in [-0.2, -0.15) is 0 Å². The summed E-state index contributed by atoms with van der Waals surface area (Å²) in [6, 6.07) is 4.36. The van der Waals surface area contributed by atoms with E-state index in [-0.39, 0.29) is 11.6 Å². The largest absolute Gasteiger partial charge is 0.360 e. The Kier molecular flexibility index (Phi) is 3.25. The van der Waals surface area contributed by atoms with Gasteiger partial charge in [-0.3, -0.25) is 4.79 Å². The Labute approximate surface area is 97.4 Å².